The zero-order chi connectivity index (χ0) is 19.5. The van der Waals surface area contributed by atoms with Gasteiger partial charge in [-0.2, -0.15) is 0 Å². The molecule has 0 spiro atoms. The van der Waals surface area contributed by atoms with Crippen LogP contribution in [0.5, 0.6) is 0 Å². The first-order chi connectivity index (χ1) is 13.6. The number of nitrogens with zero attached hydrogens (tertiary/aromatic N) is 3. The van der Waals surface area contributed by atoms with Gasteiger partial charge in [0.1, 0.15) is 5.82 Å². The van der Waals surface area contributed by atoms with Gasteiger partial charge in [-0.1, -0.05) is 31.4 Å². The Morgan fingerprint density at radius 2 is 1.89 bits per heavy atom. The number of fused-ring (bicyclic) bond motifs is 1. The Hall–Kier alpha value is -2.17. The number of aromatic nitrogens is 2. The third kappa shape index (κ3) is 3.85. The first-order valence-electron chi connectivity index (χ1n) is 10.9. The van der Waals surface area contributed by atoms with Gasteiger partial charge in [0.25, 0.3) is 5.56 Å². The van der Waals surface area contributed by atoms with Gasteiger partial charge in [-0.25, -0.2) is 4.98 Å². The van der Waals surface area contributed by atoms with Crippen molar-refractivity contribution in [2.75, 3.05) is 6.54 Å². The second kappa shape index (κ2) is 8.46. The van der Waals surface area contributed by atoms with Gasteiger partial charge in [-0.15, -0.1) is 0 Å². The van der Waals surface area contributed by atoms with Gasteiger partial charge in [-0.3, -0.25) is 14.2 Å². The fourth-order valence-corrected chi connectivity index (χ4v) is 5.19. The van der Waals surface area contributed by atoms with Gasteiger partial charge in [0.2, 0.25) is 5.91 Å². The maximum atomic E-state index is 12.9. The molecule has 1 atom stereocenters. The standard InChI is InChI=1S/C23H31N3O2/c1-17-24-20-12-6-5-11-19(20)23(28)25(17)15-8-14-22(27)26-16-7-13-21(26)18-9-3-2-4-10-18/h5-6,11-12,18,21H,2-4,7-10,13-16H2,1H3/t21-/m1/s1. The van der Waals surface area contributed by atoms with Crippen LogP contribution in [0.3, 0.4) is 0 Å². The third-order valence-electron chi connectivity index (χ3n) is 6.64. The molecule has 0 bridgehead atoms. The number of hydrogen-bond acceptors (Lipinski definition) is 3. The van der Waals surface area contributed by atoms with E-state index in [2.05, 4.69) is 9.88 Å². The van der Waals surface area contributed by atoms with Crippen LogP contribution in [0.15, 0.2) is 29.1 Å². The summed E-state index contributed by atoms with van der Waals surface area (Å²) in [4.78, 5) is 32.4. The molecule has 2 aromatic rings. The van der Waals surface area contributed by atoms with Crippen molar-refractivity contribution in [1.29, 1.82) is 0 Å². The Morgan fingerprint density at radius 3 is 2.71 bits per heavy atom. The number of benzene rings is 1. The van der Waals surface area contributed by atoms with E-state index in [0.717, 1.165) is 24.3 Å². The van der Waals surface area contributed by atoms with Crippen LogP contribution in [0.1, 0.15) is 63.6 Å². The second-order valence-corrected chi connectivity index (χ2v) is 8.43. The van der Waals surface area contributed by atoms with Crippen molar-refractivity contribution in [2.24, 2.45) is 5.92 Å². The van der Waals surface area contributed by atoms with Crippen LogP contribution < -0.4 is 5.56 Å². The minimum atomic E-state index is -0.00296. The summed E-state index contributed by atoms with van der Waals surface area (Å²) >= 11 is 0. The summed E-state index contributed by atoms with van der Waals surface area (Å²) in [6.07, 6.45) is 10.1. The maximum Gasteiger partial charge on any atom is 0.261 e. The quantitative estimate of drug-likeness (QED) is 0.785. The molecular formula is C23H31N3O2. The van der Waals surface area contributed by atoms with E-state index >= 15 is 0 Å². The van der Waals surface area contributed by atoms with Crippen LogP contribution in [0, 0.1) is 12.8 Å². The predicted molar refractivity (Wildman–Crippen MR) is 111 cm³/mol. The maximum absolute atomic E-state index is 12.9. The highest BCUT2D eigenvalue weighted by molar-refractivity contribution is 5.77. The van der Waals surface area contributed by atoms with Crippen LogP contribution in [0.25, 0.3) is 10.9 Å². The SMILES string of the molecule is Cc1nc2ccccc2c(=O)n1CCCC(=O)N1CCC[C@@H]1C1CCCCC1. The average molecular weight is 382 g/mol. The molecule has 5 nitrogen and oxygen atoms in total. The van der Waals surface area contributed by atoms with E-state index in [1.165, 1.54) is 38.5 Å². The van der Waals surface area contributed by atoms with Crippen LogP contribution in [-0.4, -0.2) is 32.9 Å². The first kappa shape index (κ1) is 19.2. The lowest BCUT2D eigenvalue weighted by Gasteiger charge is -2.34. The fraction of sp³-hybridized carbons (Fsp3) is 0.609. The van der Waals surface area contributed by atoms with Gasteiger partial charge in [0.05, 0.1) is 10.9 Å². The summed E-state index contributed by atoms with van der Waals surface area (Å²) in [5.41, 5.74) is 0.738. The Morgan fingerprint density at radius 1 is 1.11 bits per heavy atom. The fourth-order valence-electron chi connectivity index (χ4n) is 5.19. The van der Waals surface area contributed by atoms with Crippen molar-refractivity contribution in [3.63, 3.8) is 0 Å². The van der Waals surface area contributed by atoms with Gasteiger partial charge in [0, 0.05) is 25.6 Å². The van der Waals surface area contributed by atoms with E-state index in [-0.39, 0.29) is 11.5 Å². The van der Waals surface area contributed by atoms with Crippen molar-refractivity contribution in [2.45, 2.75) is 77.3 Å². The van der Waals surface area contributed by atoms with Crippen LogP contribution in [0.4, 0.5) is 0 Å². The summed E-state index contributed by atoms with van der Waals surface area (Å²) in [5.74, 6) is 1.69. The third-order valence-corrected chi connectivity index (χ3v) is 6.64. The molecule has 1 aromatic carbocycles. The van der Waals surface area contributed by atoms with Gasteiger partial charge < -0.3 is 4.90 Å². The molecule has 1 saturated heterocycles. The predicted octanol–water partition coefficient (Wildman–Crippen LogP) is 4.06. The minimum absolute atomic E-state index is 0.00296. The number of hydrogen-bond donors (Lipinski definition) is 0. The summed E-state index contributed by atoms with van der Waals surface area (Å²) in [5, 5.41) is 0.649. The Kier molecular flexibility index (Phi) is 5.79. The average Bonchev–Trinajstić information content (AvgIpc) is 3.21. The molecule has 2 fully saturated rings. The van der Waals surface area contributed by atoms with Crippen LogP contribution >= 0.6 is 0 Å². The number of rotatable bonds is 5. The van der Waals surface area contributed by atoms with Crippen LogP contribution in [-0.2, 0) is 11.3 Å². The highest BCUT2D eigenvalue weighted by Crippen LogP contribution is 2.34. The number of carbonyl (C=O) groups is 1. The van der Waals surface area contributed by atoms with E-state index in [9.17, 15) is 9.59 Å². The molecule has 4 rings (SSSR count). The molecule has 1 aliphatic heterocycles. The molecule has 28 heavy (non-hydrogen) atoms. The summed E-state index contributed by atoms with van der Waals surface area (Å²) in [7, 11) is 0. The molecule has 5 heteroatoms. The highest BCUT2D eigenvalue weighted by atomic mass is 16.2. The molecule has 0 N–H and O–H groups in total. The zero-order valence-electron chi connectivity index (χ0n) is 16.9. The van der Waals surface area contributed by atoms with E-state index in [0.29, 0.717) is 36.7 Å². The zero-order valence-corrected chi connectivity index (χ0v) is 16.9. The summed E-state index contributed by atoms with van der Waals surface area (Å²) < 4.78 is 1.72. The number of para-hydroxylation sites is 1. The Bertz CT molecular complexity index is 898. The Labute approximate surface area is 166 Å². The van der Waals surface area contributed by atoms with Crippen molar-refractivity contribution < 1.29 is 4.79 Å². The number of amides is 1. The highest BCUT2D eigenvalue weighted by Gasteiger charge is 2.34. The second-order valence-electron chi connectivity index (χ2n) is 8.43. The molecule has 150 valence electrons. The summed E-state index contributed by atoms with van der Waals surface area (Å²) in [6.45, 7) is 3.34. The molecule has 1 saturated carbocycles. The van der Waals surface area contributed by atoms with E-state index in [4.69, 9.17) is 0 Å². The van der Waals surface area contributed by atoms with E-state index in [1.807, 2.05) is 31.2 Å². The van der Waals surface area contributed by atoms with Gasteiger partial charge in [0.15, 0.2) is 0 Å². The normalized spacial score (nSPS) is 20.8. The number of likely N-dealkylation sites (tertiary alicyclic amines) is 1. The number of aryl methyl sites for hydroxylation is 1. The topological polar surface area (TPSA) is 55.2 Å². The smallest absolute Gasteiger partial charge is 0.261 e. The van der Waals surface area contributed by atoms with Crippen molar-refractivity contribution in [1.82, 2.24) is 14.5 Å². The van der Waals surface area contributed by atoms with Gasteiger partial charge in [-0.05, 0) is 57.1 Å². The first-order valence-corrected chi connectivity index (χ1v) is 10.9. The molecule has 1 aliphatic carbocycles. The van der Waals surface area contributed by atoms with E-state index < -0.39 is 0 Å². The van der Waals surface area contributed by atoms with E-state index in [1.54, 1.807) is 4.57 Å². The molecule has 2 heterocycles. The van der Waals surface area contributed by atoms with Crippen molar-refractivity contribution >= 4 is 16.8 Å². The lowest BCUT2D eigenvalue weighted by Crippen LogP contribution is -2.40. The minimum Gasteiger partial charge on any atom is -0.339 e. The van der Waals surface area contributed by atoms with Crippen molar-refractivity contribution in [3.8, 4) is 0 Å². The Balaban J connectivity index is 1.39. The lowest BCUT2D eigenvalue weighted by atomic mass is 9.83. The molecule has 0 radical (unpaired) electrons. The van der Waals surface area contributed by atoms with Crippen LogP contribution in [0.2, 0.25) is 0 Å². The number of carbonyl (C=O) groups excluding carboxylic acids is 1. The molecule has 1 amide bonds. The van der Waals surface area contributed by atoms with Gasteiger partial charge >= 0.3 is 0 Å². The molecular weight excluding hydrogens is 350 g/mol. The molecule has 2 aliphatic rings. The lowest BCUT2D eigenvalue weighted by molar-refractivity contribution is -0.133. The summed E-state index contributed by atoms with van der Waals surface area (Å²) in [6, 6.07) is 7.92. The largest absolute Gasteiger partial charge is 0.339 e. The molecule has 1 aromatic heterocycles. The monoisotopic (exact) mass is 381 g/mol. The van der Waals surface area contributed by atoms with Crippen molar-refractivity contribution in [3.05, 3.63) is 40.4 Å². The molecule has 0 unspecified atom stereocenters.